The molecule has 0 amide bonds. The van der Waals surface area contributed by atoms with Crippen molar-refractivity contribution in [1.82, 2.24) is 0 Å². The molecule has 0 aromatic carbocycles. The van der Waals surface area contributed by atoms with Gasteiger partial charge in [-0.25, -0.2) is 0 Å². The Balaban J connectivity index is -0.0000000312. The van der Waals surface area contributed by atoms with Crippen molar-refractivity contribution in [3.8, 4) is 0 Å². The van der Waals surface area contributed by atoms with Crippen molar-refractivity contribution in [2.45, 2.75) is 12.8 Å². The van der Waals surface area contributed by atoms with E-state index in [2.05, 4.69) is 8.37 Å². The van der Waals surface area contributed by atoms with Gasteiger partial charge in [0, 0.05) is 0 Å². The molecule has 10 nitrogen and oxygen atoms in total. The molecule has 0 radical (unpaired) electrons. The predicted octanol–water partition coefficient (Wildman–Crippen LogP) is -2.01. The van der Waals surface area contributed by atoms with Crippen LogP contribution in [-0.2, 0) is 38.8 Å². The van der Waals surface area contributed by atoms with Crippen molar-refractivity contribution in [2.75, 3.05) is 0 Å². The van der Waals surface area contributed by atoms with Crippen LogP contribution in [0.2, 0.25) is 0 Å². The van der Waals surface area contributed by atoms with Gasteiger partial charge < -0.3 is 16.9 Å². The molecule has 106 valence electrons. The van der Waals surface area contributed by atoms with Crippen LogP contribution in [0.15, 0.2) is 0 Å². The zero-order chi connectivity index (χ0) is 13.0. The predicted molar refractivity (Wildman–Crippen MR) is 68.4 cm³/mol. The van der Waals surface area contributed by atoms with Crippen LogP contribution >= 0.6 is 0 Å². The normalized spacial score (nSPS) is 10.0. The third-order valence-electron chi connectivity index (χ3n) is 0.930. The van der Waals surface area contributed by atoms with E-state index in [0.717, 1.165) is 0 Å². The van der Waals surface area contributed by atoms with E-state index in [4.69, 9.17) is 9.11 Å². The van der Waals surface area contributed by atoms with E-state index in [0.29, 0.717) is 0 Å². The Labute approximate surface area is 207 Å². The maximum absolute atomic E-state index is 10.5. The Bertz CT molecular complexity index is 455. The van der Waals surface area contributed by atoms with Crippen LogP contribution in [0.4, 0.5) is 0 Å². The van der Waals surface area contributed by atoms with Gasteiger partial charge in [0.2, 0.25) is 0 Å². The SMILES string of the molecule is O=C(CCC(=O)OS(=O)(=O)O)OS(=O)(=O)O.[Ca+2].[Ca+2].[Ca+2].[H-].[H-].[H-].[H-].[H-].[H-]. The quantitative estimate of drug-likeness (QED) is 0.387. The van der Waals surface area contributed by atoms with Crippen molar-refractivity contribution >= 4 is 146 Å². The third-order valence-corrected chi connectivity index (χ3v) is 1.72. The van der Waals surface area contributed by atoms with Gasteiger partial charge in [0.1, 0.15) is 0 Å². The summed E-state index contributed by atoms with van der Waals surface area (Å²) in [6, 6.07) is 0. The molecule has 0 fully saturated rings. The van der Waals surface area contributed by atoms with Crippen LogP contribution in [0.1, 0.15) is 21.4 Å². The largest absolute Gasteiger partial charge is 2.00 e. The van der Waals surface area contributed by atoms with Crippen LogP contribution in [-0.4, -0.2) is 151 Å². The van der Waals surface area contributed by atoms with Crippen LogP contribution < -0.4 is 0 Å². The Morgan fingerprint density at radius 2 is 1.00 bits per heavy atom. The second kappa shape index (κ2) is 13.0. The first kappa shape index (κ1) is 29.5. The number of hydrogen-bond donors (Lipinski definition) is 2. The Hall–Kier alpha value is 2.54. The number of hydrogen-bond acceptors (Lipinski definition) is 8. The first-order chi connectivity index (χ1) is 6.99. The standard InChI is InChI=1S/C4H6O10S2.3Ca.6H/c5-3(13-15(7,8)9)1-2-4(6)14-16(10,11)12;;;;;;;;;/h1-2H2,(H,7,8,9)(H,10,11,12);;;;;;;;;/q;3*+2;6*-1. The Morgan fingerprint density at radius 3 is 1.16 bits per heavy atom. The summed E-state index contributed by atoms with van der Waals surface area (Å²) in [4.78, 5) is 21.1. The zero-order valence-electron chi connectivity index (χ0n) is 15.5. The van der Waals surface area contributed by atoms with Gasteiger partial charge in [-0.05, 0) is 0 Å². The summed E-state index contributed by atoms with van der Waals surface area (Å²) in [5.41, 5.74) is 0. The summed E-state index contributed by atoms with van der Waals surface area (Å²) in [6.45, 7) is 0. The first-order valence-electron chi connectivity index (χ1n) is 3.39. The van der Waals surface area contributed by atoms with Gasteiger partial charge >= 0.3 is 146 Å². The minimum Gasteiger partial charge on any atom is -1.00 e. The maximum Gasteiger partial charge on any atom is 2.00 e. The fourth-order valence-electron chi connectivity index (χ4n) is 0.522. The maximum atomic E-state index is 10.5. The van der Waals surface area contributed by atoms with Crippen LogP contribution in [0, 0.1) is 0 Å². The molecule has 0 rings (SSSR count). The van der Waals surface area contributed by atoms with Crippen molar-refractivity contribution < 1.29 is 52.5 Å². The van der Waals surface area contributed by atoms with E-state index < -0.39 is 45.6 Å². The van der Waals surface area contributed by atoms with Crippen molar-refractivity contribution in [2.24, 2.45) is 0 Å². The van der Waals surface area contributed by atoms with Gasteiger partial charge in [0.25, 0.3) is 0 Å². The summed E-state index contributed by atoms with van der Waals surface area (Å²) in [5.74, 6) is -2.98. The molecule has 0 heterocycles. The second-order valence-electron chi connectivity index (χ2n) is 2.27. The molecule has 2 N–H and O–H groups in total. The van der Waals surface area contributed by atoms with E-state index in [1.165, 1.54) is 0 Å². The number of carbonyl (C=O) groups excluding carboxylic acids is 2. The van der Waals surface area contributed by atoms with Gasteiger partial charge in [-0.1, -0.05) is 0 Å². The van der Waals surface area contributed by atoms with Crippen molar-refractivity contribution in [1.29, 1.82) is 0 Å². The molecule has 0 aromatic heterocycles. The van der Waals surface area contributed by atoms with Crippen molar-refractivity contribution in [3.05, 3.63) is 0 Å². The van der Waals surface area contributed by atoms with Crippen LogP contribution in [0.3, 0.4) is 0 Å². The molecular weight excluding hydrogens is 392 g/mol. The fourth-order valence-corrected chi connectivity index (χ4v) is 1.16. The molecule has 0 bridgehead atoms. The zero-order valence-corrected chi connectivity index (χ0v) is 17.8. The third kappa shape index (κ3) is 22.9. The van der Waals surface area contributed by atoms with Crippen LogP contribution in [0.5, 0.6) is 0 Å². The molecule has 19 heavy (non-hydrogen) atoms. The van der Waals surface area contributed by atoms with Gasteiger partial charge in [-0.3, -0.25) is 18.7 Å². The average molecular weight is 404 g/mol. The molecule has 0 aliphatic carbocycles. The molecule has 0 saturated carbocycles. The first-order valence-corrected chi connectivity index (χ1v) is 6.12. The molecule has 0 atom stereocenters. The Kier molecular flexibility index (Phi) is 20.2. The topological polar surface area (TPSA) is 161 Å². The number of rotatable bonds is 5. The second-order valence-corrected chi connectivity index (χ2v) is 4.31. The Morgan fingerprint density at radius 1 is 0.789 bits per heavy atom. The summed E-state index contributed by atoms with van der Waals surface area (Å²) < 4.78 is 62.7. The molecule has 0 spiro atoms. The smallest absolute Gasteiger partial charge is 1.00 e. The molecule has 0 aliphatic heterocycles. The van der Waals surface area contributed by atoms with E-state index in [1.807, 2.05) is 0 Å². The van der Waals surface area contributed by atoms with E-state index >= 15 is 0 Å². The van der Waals surface area contributed by atoms with E-state index in [1.54, 1.807) is 0 Å². The minimum absolute atomic E-state index is 0. The monoisotopic (exact) mass is 404 g/mol. The minimum atomic E-state index is -4.98. The molecule has 0 aromatic rings. The summed E-state index contributed by atoms with van der Waals surface area (Å²) in [5, 5.41) is 0. The average Bonchev–Trinajstić information content (AvgIpc) is 1.94. The number of carbonyl (C=O) groups is 2. The van der Waals surface area contributed by atoms with Gasteiger partial charge in [0.15, 0.2) is 0 Å². The molecular formula is C4H12Ca3O10S2. The fraction of sp³-hybridized carbons (Fsp3) is 0.500. The molecule has 0 aliphatic rings. The summed E-state index contributed by atoms with van der Waals surface area (Å²) in [7, 11) is -9.95. The van der Waals surface area contributed by atoms with Gasteiger partial charge in [0.05, 0.1) is 12.8 Å². The van der Waals surface area contributed by atoms with Crippen LogP contribution in [0.25, 0.3) is 0 Å². The molecule has 0 saturated heterocycles. The summed E-state index contributed by atoms with van der Waals surface area (Å²) in [6.07, 6.45) is -1.71. The molecule has 0 unspecified atom stereocenters. The summed E-state index contributed by atoms with van der Waals surface area (Å²) >= 11 is 0. The van der Waals surface area contributed by atoms with Crippen molar-refractivity contribution in [3.63, 3.8) is 0 Å². The van der Waals surface area contributed by atoms with Gasteiger partial charge in [-0.2, -0.15) is 16.8 Å². The van der Waals surface area contributed by atoms with E-state index in [-0.39, 0.29) is 122 Å². The molecule has 15 heteroatoms. The van der Waals surface area contributed by atoms with Gasteiger partial charge in [-0.15, -0.1) is 0 Å². The van der Waals surface area contributed by atoms with E-state index in [9.17, 15) is 26.4 Å².